The van der Waals surface area contributed by atoms with Crippen LogP contribution in [0.4, 0.5) is 11.4 Å². The molecular weight excluding hydrogens is 580 g/mol. The van der Waals surface area contributed by atoms with Gasteiger partial charge in [0.15, 0.2) is 5.78 Å². The molecule has 0 bridgehead atoms. The van der Waals surface area contributed by atoms with Gasteiger partial charge in [-0.15, -0.1) is 0 Å². The number of rotatable bonds is 7. The Hall–Kier alpha value is -3.42. The van der Waals surface area contributed by atoms with Gasteiger partial charge in [0.05, 0.1) is 30.2 Å². The maximum absolute atomic E-state index is 14.1. The molecular formula is C31H26BrClN2O4. The first kappa shape index (κ1) is 25.8. The molecule has 8 heteroatoms. The lowest BCUT2D eigenvalue weighted by Crippen LogP contribution is -2.48. The number of amides is 2. The highest BCUT2D eigenvalue weighted by Gasteiger charge is 2.64. The minimum Gasteiger partial charge on any atom is -0.494 e. The highest BCUT2D eigenvalue weighted by atomic mass is 79.9. The summed E-state index contributed by atoms with van der Waals surface area (Å²) in [5, 5.41) is 0.576. The molecule has 198 valence electrons. The van der Waals surface area contributed by atoms with E-state index in [0.29, 0.717) is 28.6 Å². The van der Waals surface area contributed by atoms with E-state index in [1.54, 1.807) is 54.6 Å². The quantitative estimate of drug-likeness (QED) is 0.174. The summed E-state index contributed by atoms with van der Waals surface area (Å²) in [6, 6.07) is 18.3. The molecule has 2 fully saturated rings. The molecule has 4 atom stereocenters. The van der Waals surface area contributed by atoms with Crippen molar-refractivity contribution in [3.05, 3.63) is 93.4 Å². The Morgan fingerprint density at radius 2 is 1.69 bits per heavy atom. The lowest BCUT2D eigenvalue weighted by atomic mass is 9.86. The second kappa shape index (κ2) is 10.3. The number of ether oxygens (including phenoxy) is 1. The largest absolute Gasteiger partial charge is 0.494 e. The predicted molar refractivity (Wildman–Crippen MR) is 155 cm³/mol. The van der Waals surface area contributed by atoms with E-state index in [1.165, 1.54) is 4.90 Å². The molecule has 0 N–H and O–H groups in total. The van der Waals surface area contributed by atoms with Crippen LogP contribution in [0.15, 0.2) is 77.3 Å². The van der Waals surface area contributed by atoms with E-state index in [4.69, 9.17) is 16.3 Å². The van der Waals surface area contributed by atoms with Crippen LogP contribution in [0.25, 0.3) is 6.08 Å². The first-order chi connectivity index (χ1) is 18.9. The standard InChI is InChI=1S/C31H26BrClN2O4/c1-2-3-16-39-23-12-10-22(11-13-23)34-30(37)26-25-14-6-19-17-21(33)9-15-24(19)35(25)28(27(26)31(34)38)29(36)18-4-7-20(32)8-5-18/h4-15,17,25-28H,2-3,16H2,1H3. The average Bonchev–Trinajstić information content (AvgIpc) is 3.41. The van der Waals surface area contributed by atoms with Gasteiger partial charge in [0.1, 0.15) is 11.8 Å². The summed E-state index contributed by atoms with van der Waals surface area (Å²) < 4.78 is 6.60. The summed E-state index contributed by atoms with van der Waals surface area (Å²) in [5.74, 6) is -1.69. The normalized spacial score (nSPS) is 23.1. The van der Waals surface area contributed by atoms with Crippen LogP contribution in [0.3, 0.4) is 0 Å². The summed E-state index contributed by atoms with van der Waals surface area (Å²) in [6.45, 7) is 2.71. The minimum atomic E-state index is -0.843. The summed E-state index contributed by atoms with van der Waals surface area (Å²) in [5.41, 5.74) is 2.61. The predicted octanol–water partition coefficient (Wildman–Crippen LogP) is 6.55. The van der Waals surface area contributed by atoms with Crippen molar-refractivity contribution in [1.82, 2.24) is 0 Å². The van der Waals surface area contributed by atoms with E-state index < -0.39 is 23.9 Å². The van der Waals surface area contributed by atoms with E-state index in [0.717, 1.165) is 28.6 Å². The number of hydrogen-bond donors (Lipinski definition) is 0. The number of Topliss-reactive ketones (excluding diaryl/α,β-unsaturated/α-hetero) is 1. The molecule has 4 unspecified atom stereocenters. The van der Waals surface area contributed by atoms with Crippen LogP contribution in [0.2, 0.25) is 5.02 Å². The van der Waals surface area contributed by atoms with Gasteiger partial charge in [-0.05, 0) is 66.6 Å². The Morgan fingerprint density at radius 1 is 0.974 bits per heavy atom. The van der Waals surface area contributed by atoms with Crippen LogP contribution in [0.1, 0.15) is 35.7 Å². The van der Waals surface area contributed by atoms with Crippen LogP contribution < -0.4 is 14.5 Å². The van der Waals surface area contributed by atoms with E-state index in [-0.39, 0.29) is 17.6 Å². The van der Waals surface area contributed by atoms with E-state index in [1.807, 2.05) is 29.2 Å². The van der Waals surface area contributed by atoms with Crippen molar-refractivity contribution in [2.24, 2.45) is 11.8 Å². The molecule has 2 amide bonds. The van der Waals surface area contributed by atoms with E-state index >= 15 is 0 Å². The monoisotopic (exact) mass is 604 g/mol. The summed E-state index contributed by atoms with van der Waals surface area (Å²) in [6.07, 6.45) is 5.82. The molecule has 0 spiro atoms. The van der Waals surface area contributed by atoms with Gasteiger partial charge in [0, 0.05) is 20.7 Å². The number of carbonyl (C=O) groups is 3. The van der Waals surface area contributed by atoms with Gasteiger partial charge in [-0.1, -0.05) is 65.2 Å². The third-order valence-electron chi connectivity index (χ3n) is 7.73. The van der Waals surface area contributed by atoms with Gasteiger partial charge in [-0.3, -0.25) is 14.4 Å². The molecule has 39 heavy (non-hydrogen) atoms. The van der Waals surface area contributed by atoms with E-state index in [2.05, 4.69) is 22.9 Å². The molecule has 0 radical (unpaired) electrons. The summed E-state index contributed by atoms with van der Waals surface area (Å²) >= 11 is 9.68. The zero-order valence-electron chi connectivity index (χ0n) is 21.2. The summed E-state index contributed by atoms with van der Waals surface area (Å²) in [4.78, 5) is 45.3. The molecule has 0 aromatic heterocycles. The van der Waals surface area contributed by atoms with Gasteiger partial charge < -0.3 is 9.64 Å². The van der Waals surface area contributed by atoms with E-state index in [9.17, 15) is 14.4 Å². The minimum absolute atomic E-state index is 0.195. The van der Waals surface area contributed by atoms with Crippen LogP contribution in [-0.2, 0) is 9.59 Å². The molecule has 3 heterocycles. The van der Waals surface area contributed by atoms with Crippen LogP contribution in [-0.4, -0.2) is 36.3 Å². The topological polar surface area (TPSA) is 66.9 Å². The number of halogens is 2. The molecule has 3 aromatic rings. The maximum Gasteiger partial charge on any atom is 0.240 e. The molecule has 3 aromatic carbocycles. The van der Waals surface area contributed by atoms with Crippen LogP contribution in [0, 0.1) is 11.8 Å². The Balaban J connectivity index is 1.39. The summed E-state index contributed by atoms with van der Waals surface area (Å²) in [7, 11) is 0. The Morgan fingerprint density at radius 3 is 2.41 bits per heavy atom. The molecule has 0 aliphatic carbocycles. The molecule has 3 aliphatic heterocycles. The number of carbonyl (C=O) groups excluding carboxylic acids is 3. The first-order valence-electron chi connectivity index (χ1n) is 13.1. The number of hydrogen-bond acceptors (Lipinski definition) is 5. The van der Waals surface area contributed by atoms with Crippen LogP contribution >= 0.6 is 27.5 Å². The number of fused-ring (bicyclic) bond motifs is 5. The van der Waals surface area contributed by atoms with Crippen LogP contribution in [0.5, 0.6) is 5.75 Å². The molecule has 3 aliphatic rings. The zero-order chi connectivity index (χ0) is 27.3. The van der Waals surface area contributed by atoms with Crippen molar-refractivity contribution >= 4 is 62.6 Å². The number of nitrogens with zero attached hydrogens (tertiary/aromatic N) is 2. The Bertz CT molecular complexity index is 1490. The lowest BCUT2D eigenvalue weighted by molar-refractivity contribution is -0.122. The fourth-order valence-electron chi connectivity index (χ4n) is 5.91. The SMILES string of the molecule is CCCCOc1ccc(N2C(=O)C3C(C2=O)C(C(=O)c2ccc(Br)cc2)N2c4ccc(Cl)cc4C=CC32)cc1. The fraction of sp³-hybridized carbons (Fsp3) is 0.258. The lowest BCUT2D eigenvalue weighted by Gasteiger charge is -2.36. The molecule has 2 saturated heterocycles. The zero-order valence-corrected chi connectivity index (χ0v) is 23.6. The number of benzene rings is 3. The maximum atomic E-state index is 14.1. The van der Waals surface area contributed by atoms with Crippen molar-refractivity contribution in [2.75, 3.05) is 16.4 Å². The number of unbranched alkanes of at least 4 members (excludes halogenated alkanes) is 1. The van der Waals surface area contributed by atoms with Gasteiger partial charge >= 0.3 is 0 Å². The van der Waals surface area contributed by atoms with Gasteiger partial charge in [-0.2, -0.15) is 0 Å². The molecule has 0 saturated carbocycles. The van der Waals surface area contributed by atoms with Crippen molar-refractivity contribution in [3.63, 3.8) is 0 Å². The number of imide groups is 1. The van der Waals surface area contributed by atoms with Crippen molar-refractivity contribution in [1.29, 1.82) is 0 Å². The van der Waals surface area contributed by atoms with Gasteiger partial charge in [0.25, 0.3) is 0 Å². The Kier molecular flexibility index (Phi) is 6.81. The second-order valence-corrected chi connectivity index (χ2v) is 11.4. The molecule has 6 nitrogen and oxygen atoms in total. The highest BCUT2D eigenvalue weighted by Crippen LogP contribution is 2.50. The third-order valence-corrected chi connectivity index (χ3v) is 8.49. The number of anilines is 2. The Labute approximate surface area is 240 Å². The smallest absolute Gasteiger partial charge is 0.240 e. The van der Waals surface area contributed by atoms with Crippen molar-refractivity contribution in [2.45, 2.75) is 31.8 Å². The van der Waals surface area contributed by atoms with Crippen molar-refractivity contribution < 1.29 is 19.1 Å². The highest BCUT2D eigenvalue weighted by molar-refractivity contribution is 9.10. The van der Waals surface area contributed by atoms with Gasteiger partial charge in [0.2, 0.25) is 11.8 Å². The number of ketones is 1. The average molecular weight is 606 g/mol. The van der Waals surface area contributed by atoms with Gasteiger partial charge in [-0.25, -0.2) is 4.90 Å². The third kappa shape index (κ3) is 4.38. The van der Waals surface area contributed by atoms with Crippen molar-refractivity contribution in [3.8, 4) is 5.75 Å². The molecule has 6 rings (SSSR count). The first-order valence-corrected chi connectivity index (χ1v) is 14.2. The second-order valence-electron chi connectivity index (χ2n) is 10.0. The fourth-order valence-corrected chi connectivity index (χ4v) is 6.35.